The Morgan fingerprint density at radius 2 is 1.85 bits per heavy atom. The molecule has 2 heterocycles. The maximum Gasteiger partial charge on any atom is 0.427 e. The van der Waals surface area contributed by atoms with Crippen LogP contribution in [0.4, 0.5) is 29.3 Å². The zero-order chi connectivity index (χ0) is 30.4. The standard InChI is InChI=1S/C24H32F3N5O7S2/c1-5-31-14-20(21(30-31)38-4)41(36,37)32-13-15(12-28-40(34,35)18-8-9-18)10-16-6-7-17(11-19(16)32)29-22(33)39-23(2,3)24(25,26)27/h6-7,11,14-15,18,28H,5,8-10,12-13H2,1-4H3,(H,29,33). The number of aryl methyl sites for hydroxylation is 1. The molecule has 1 aromatic carbocycles. The molecule has 41 heavy (non-hydrogen) atoms. The van der Waals surface area contributed by atoms with Gasteiger partial charge < -0.3 is 9.47 Å². The lowest BCUT2D eigenvalue weighted by Gasteiger charge is -2.35. The van der Waals surface area contributed by atoms with Crippen molar-refractivity contribution in [2.45, 2.75) is 68.5 Å². The Labute approximate surface area is 236 Å². The first-order chi connectivity index (χ1) is 19.0. The summed E-state index contributed by atoms with van der Waals surface area (Å²) in [6, 6.07) is 4.24. The molecule has 228 valence electrons. The van der Waals surface area contributed by atoms with Gasteiger partial charge in [-0.25, -0.2) is 26.4 Å². The van der Waals surface area contributed by atoms with Gasteiger partial charge in [-0.2, -0.15) is 13.2 Å². The molecule has 2 aromatic rings. The number of halogens is 3. The van der Waals surface area contributed by atoms with Crippen LogP contribution >= 0.6 is 0 Å². The number of nitrogens with one attached hydrogen (secondary N) is 2. The second kappa shape index (κ2) is 11.0. The summed E-state index contributed by atoms with van der Waals surface area (Å²) in [5.41, 5.74) is -2.09. The number of hydrogen-bond acceptors (Lipinski definition) is 8. The third kappa shape index (κ3) is 6.56. The minimum absolute atomic E-state index is 0.00368. The number of amides is 1. The highest BCUT2D eigenvalue weighted by molar-refractivity contribution is 7.93. The number of hydrogen-bond donors (Lipinski definition) is 2. The van der Waals surface area contributed by atoms with Crippen LogP contribution in [0.5, 0.6) is 5.88 Å². The number of alkyl halides is 3. The van der Waals surface area contributed by atoms with Crippen LogP contribution in [0.3, 0.4) is 0 Å². The van der Waals surface area contributed by atoms with Crippen molar-refractivity contribution < 1.29 is 44.3 Å². The number of carbonyl (C=O) groups excluding carboxylic acids is 1. The van der Waals surface area contributed by atoms with Crippen molar-refractivity contribution in [2.24, 2.45) is 5.92 Å². The van der Waals surface area contributed by atoms with E-state index in [0.717, 1.165) is 4.31 Å². The summed E-state index contributed by atoms with van der Waals surface area (Å²) in [5.74, 6) is -0.591. The van der Waals surface area contributed by atoms with Gasteiger partial charge in [-0.15, -0.1) is 5.10 Å². The van der Waals surface area contributed by atoms with E-state index in [1.54, 1.807) is 6.92 Å². The molecule has 1 amide bonds. The number of rotatable bonds is 10. The maximum absolute atomic E-state index is 14.0. The zero-order valence-corrected chi connectivity index (χ0v) is 24.5. The molecular formula is C24H32F3N5O7S2. The van der Waals surface area contributed by atoms with Crippen LogP contribution in [-0.2, 0) is 37.7 Å². The molecule has 1 saturated carbocycles. The van der Waals surface area contributed by atoms with Crippen molar-refractivity contribution in [3.05, 3.63) is 30.0 Å². The van der Waals surface area contributed by atoms with E-state index in [1.807, 2.05) is 0 Å². The molecule has 2 N–H and O–H groups in total. The van der Waals surface area contributed by atoms with Gasteiger partial charge in [0.15, 0.2) is 4.90 Å². The monoisotopic (exact) mass is 623 g/mol. The highest BCUT2D eigenvalue weighted by Crippen LogP contribution is 2.39. The quantitative estimate of drug-likeness (QED) is 0.410. The Kier molecular flexibility index (Phi) is 8.27. The SMILES string of the molecule is CCn1cc(S(=O)(=O)N2CC(CNS(=O)(=O)C3CC3)Cc3ccc(NC(=O)OC(C)(C)C(F)(F)F)cc32)c(OC)n1. The largest absolute Gasteiger partial charge is 0.479 e. The number of carbonyl (C=O) groups is 1. The van der Waals surface area contributed by atoms with Crippen molar-refractivity contribution in [3.8, 4) is 5.88 Å². The predicted octanol–water partition coefficient (Wildman–Crippen LogP) is 3.25. The zero-order valence-electron chi connectivity index (χ0n) is 22.9. The maximum atomic E-state index is 14.0. The average Bonchev–Trinajstić information content (AvgIpc) is 3.66. The van der Waals surface area contributed by atoms with Gasteiger partial charge in [-0.05, 0) is 63.6 Å². The Morgan fingerprint density at radius 3 is 2.44 bits per heavy atom. The molecule has 1 aliphatic heterocycles. The van der Waals surface area contributed by atoms with E-state index in [4.69, 9.17) is 4.74 Å². The third-order valence-electron chi connectivity index (χ3n) is 6.88. The van der Waals surface area contributed by atoms with Crippen LogP contribution in [0.1, 0.15) is 39.2 Å². The summed E-state index contributed by atoms with van der Waals surface area (Å²) in [5, 5.41) is 5.90. The molecule has 1 aliphatic carbocycles. The lowest BCUT2D eigenvalue weighted by atomic mass is 9.94. The molecular weight excluding hydrogens is 591 g/mol. The van der Waals surface area contributed by atoms with Crippen LogP contribution in [0.25, 0.3) is 0 Å². The van der Waals surface area contributed by atoms with E-state index in [1.165, 1.54) is 36.2 Å². The number of anilines is 2. The number of benzene rings is 1. The molecule has 1 fully saturated rings. The summed E-state index contributed by atoms with van der Waals surface area (Å²) in [4.78, 5) is 12.1. The Hall–Kier alpha value is -3.05. The van der Waals surface area contributed by atoms with Gasteiger partial charge in [0, 0.05) is 31.5 Å². The van der Waals surface area contributed by atoms with Crippen LogP contribution in [0, 0.1) is 5.92 Å². The summed E-state index contributed by atoms with van der Waals surface area (Å²) in [6.45, 7) is 3.40. The lowest BCUT2D eigenvalue weighted by Crippen LogP contribution is -2.45. The molecule has 1 atom stereocenters. The van der Waals surface area contributed by atoms with E-state index in [2.05, 4.69) is 19.9 Å². The molecule has 12 nitrogen and oxygen atoms in total. The van der Waals surface area contributed by atoms with Crippen LogP contribution < -0.4 is 19.1 Å². The minimum Gasteiger partial charge on any atom is -0.479 e. The molecule has 2 aliphatic rings. The smallest absolute Gasteiger partial charge is 0.427 e. The van der Waals surface area contributed by atoms with Crippen LogP contribution in [-0.4, -0.2) is 69.9 Å². The van der Waals surface area contributed by atoms with E-state index in [-0.39, 0.29) is 35.2 Å². The van der Waals surface area contributed by atoms with Crippen molar-refractivity contribution in [2.75, 3.05) is 29.8 Å². The minimum atomic E-state index is -4.82. The average molecular weight is 624 g/mol. The normalized spacial score (nSPS) is 18.1. The van der Waals surface area contributed by atoms with Gasteiger partial charge in [0.25, 0.3) is 15.9 Å². The molecule has 4 rings (SSSR count). The van der Waals surface area contributed by atoms with Gasteiger partial charge in [-0.1, -0.05) is 6.07 Å². The van der Waals surface area contributed by atoms with E-state index in [9.17, 15) is 34.8 Å². The van der Waals surface area contributed by atoms with Crippen molar-refractivity contribution in [1.82, 2.24) is 14.5 Å². The summed E-state index contributed by atoms with van der Waals surface area (Å²) < 4.78 is 107. The second-order valence-electron chi connectivity index (χ2n) is 10.4. The summed E-state index contributed by atoms with van der Waals surface area (Å²) in [7, 11) is -6.58. The second-order valence-corrected chi connectivity index (χ2v) is 14.3. The fourth-order valence-electron chi connectivity index (χ4n) is 4.27. The fourth-order valence-corrected chi connectivity index (χ4v) is 7.40. The number of nitrogens with zero attached hydrogens (tertiary/aromatic N) is 3. The fraction of sp³-hybridized carbons (Fsp3) is 0.583. The molecule has 17 heteroatoms. The Bertz CT molecular complexity index is 1520. The van der Waals surface area contributed by atoms with Crippen molar-refractivity contribution in [1.29, 1.82) is 0 Å². The van der Waals surface area contributed by atoms with Gasteiger partial charge in [0.2, 0.25) is 15.6 Å². The number of aromatic nitrogens is 2. The molecule has 0 radical (unpaired) electrons. The van der Waals surface area contributed by atoms with E-state index < -0.39 is 49.1 Å². The molecule has 0 saturated heterocycles. The predicted molar refractivity (Wildman–Crippen MR) is 143 cm³/mol. The van der Waals surface area contributed by atoms with Gasteiger partial charge in [0.1, 0.15) is 0 Å². The Morgan fingerprint density at radius 1 is 1.17 bits per heavy atom. The topological polar surface area (TPSA) is 149 Å². The first-order valence-corrected chi connectivity index (χ1v) is 15.8. The number of methoxy groups -OCH3 is 1. The molecule has 0 spiro atoms. The highest BCUT2D eigenvalue weighted by atomic mass is 32.2. The number of sulfonamides is 2. The van der Waals surface area contributed by atoms with E-state index in [0.29, 0.717) is 45.2 Å². The van der Waals surface area contributed by atoms with Gasteiger partial charge in [-0.3, -0.25) is 14.3 Å². The van der Waals surface area contributed by atoms with Crippen LogP contribution in [0.15, 0.2) is 29.3 Å². The van der Waals surface area contributed by atoms with E-state index >= 15 is 0 Å². The van der Waals surface area contributed by atoms with Crippen LogP contribution in [0.2, 0.25) is 0 Å². The highest BCUT2D eigenvalue weighted by Gasteiger charge is 2.51. The summed E-state index contributed by atoms with van der Waals surface area (Å²) >= 11 is 0. The summed E-state index contributed by atoms with van der Waals surface area (Å²) in [6.07, 6.45) is -3.44. The Balaban J connectivity index is 1.67. The lowest BCUT2D eigenvalue weighted by molar-refractivity contribution is -0.242. The molecule has 0 bridgehead atoms. The number of ether oxygens (including phenoxy) is 2. The molecule has 1 unspecified atom stereocenters. The molecule has 1 aromatic heterocycles. The van der Waals surface area contributed by atoms with Gasteiger partial charge >= 0.3 is 12.3 Å². The first-order valence-electron chi connectivity index (χ1n) is 12.8. The van der Waals surface area contributed by atoms with Crippen molar-refractivity contribution >= 4 is 37.5 Å². The first kappa shape index (κ1) is 30.9. The van der Waals surface area contributed by atoms with Crippen molar-refractivity contribution in [3.63, 3.8) is 0 Å². The number of fused-ring (bicyclic) bond motifs is 1. The van der Waals surface area contributed by atoms with Gasteiger partial charge in [0.05, 0.1) is 18.0 Å². The third-order valence-corrected chi connectivity index (χ3v) is 10.6.